The van der Waals surface area contributed by atoms with Gasteiger partial charge < -0.3 is 4.74 Å². The molecule has 2 fully saturated rings. The maximum absolute atomic E-state index is 5.66. The van der Waals surface area contributed by atoms with Crippen molar-refractivity contribution in [2.24, 2.45) is 23.7 Å². The largest absolute Gasteiger partial charge is 0.376 e. The van der Waals surface area contributed by atoms with Crippen molar-refractivity contribution in [3.8, 4) is 0 Å². The molecule has 0 aromatic heterocycles. The molecule has 0 heterocycles. The Kier molecular flexibility index (Phi) is 9.54. The molecule has 2 saturated carbocycles. The summed E-state index contributed by atoms with van der Waals surface area (Å²) in [7, 11) is 0. The van der Waals surface area contributed by atoms with Crippen LogP contribution in [-0.4, -0.2) is 6.61 Å². The van der Waals surface area contributed by atoms with Crippen LogP contribution in [0.4, 0.5) is 0 Å². The maximum Gasteiger partial charge on any atom is 0.0717 e. The average molecular weight is 395 g/mol. The van der Waals surface area contributed by atoms with Gasteiger partial charge in [-0.2, -0.15) is 0 Å². The third-order valence-electron chi connectivity index (χ3n) is 7.44. The second kappa shape index (κ2) is 12.4. The molecule has 0 radical (unpaired) electrons. The third-order valence-corrected chi connectivity index (χ3v) is 7.44. The number of ether oxygens (including phenoxy) is 1. The van der Waals surface area contributed by atoms with Crippen molar-refractivity contribution in [3.05, 3.63) is 60.2 Å². The topological polar surface area (TPSA) is 9.23 Å². The van der Waals surface area contributed by atoms with Crippen LogP contribution in [0, 0.1) is 23.7 Å². The highest BCUT2D eigenvalue weighted by atomic mass is 16.5. The lowest BCUT2D eigenvalue weighted by Gasteiger charge is -2.37. The Morgan fingerprint density at radius 3 is 2.14 bits per heavy atom. The predicted octanol–water partition coefficient (Wildman–Crippen LogP) is 7.90. The van der Waals surface area contributed by atoms with Crippen LogP contribution in [0.1, 0.15) is 82.3 Å². The lowest BCUT2D eigenvalue weighted by molar-refractivity contribution is 0.125. The van der Waals surface area contributed by atoms with Crippen LogP contribution < -0.4 is 0 Å². The van der Waals surface area contributed by atoms with Crippen molar-refractivity contribution < 1.29 is 4.74 Å². The van der Waals surface area contributed by atoms with Crippen molar-refractivity contribution in [1.82, 2.24) is 0 Å². The summed E-state index contributed by atoms with van der Waals surface area (Å²) in [6, 6.07) is 9.09. The van der Waals surface area contributed by atoms with Gasteiger partial charge in [0.1, 0.15) is 0 Å². The molecule has 1 heteroatoms. The Hall–Kier alpha value is -1.34. The van der Waals surface area contributed by atoms with Crippen molar-refractivity contribution in [2.45, 2.75) is 84.2 Å². The van der Waals surface area contributed by atoms with Gasteiger partial charge in [0.15, 0.2) is 0 Å². The fourth-order valence-electron chi connectivity index (χ4n) is 5.56. The molecule has 0 unspecified atom stereocenters. The van der Waals surface area contributed by atoms with Crippen LogP contribution in [0.15, 0.2) is 49.1 Å². The van der Waals surface area contributed by atoms with E-state index in [-0.39, 0.29) is 0 Å². The second-order valence-electron chi connectivity index (χ2n) is 9.47. The molecule has 1 aromatic carbocycles. The second-order valence-corrected chi connectivity index (χ2v) is 9.47. The van der Waals surface area contributed by atoms with Crippen LogP contribution in [0.3, 0.4) is 0 Å². The predicted molar refractivity (Wildman–Crippen MR) is 125 cm³/mol. The van der Waals surface area contributed by atoms with Gasteiger partial charge in [-0.1, -0.05) is 55.3 Å². The minimum absolute atomic E-state index is 0.717. The van der Waals surface area contributed by atoms with E-state index in [0.29, 0.717) is 0 Å². The van der Waals surface area contributed by atoms with Gasteiger partial charge in [0.2, 0.25) is 0 Å². The minimum Gasteiger partial charge on any atom is -0.376 e. The lowest BCUT2D eigenvalue weighted by Crippen LogP contribution is -2.25. The van der Waals surface area contributed by atoms with E-state index < -0.39 is 0 Å². The Morgan fingerprint density at radius 2 is 1.52 bits per heavy atom. The van der Waals surface area contributed by atoms with Gasteiger partial charge in [0.25, 0.3) is 0 Å². The molecule has 0 saturated heterocycles. The van der Waals surface area contributed by atoms with Crippen LogP contribution in [0.5, 0.6) is 0 Å². The van der Waals surface area contributed by atoms with E-state index in [1.54, 1.807) is 0 Å². The number of hydrogen-bond donors (Lipinski definition) is 0. The van der Waals surface area contributed by atoms with Crippen molar-refractivity contribution in [1.29, 1.82) is 0 Å². The Bertz CT molecular complexity index is 598. The number of aryl methyl sites for hydroxylation is 1. The Labute approximate surface area is 179 Å². The quantitative estimate of drug-likeness (QED) is 0.289. The van der Waals surface area contributed by atoms with E-state index in [9.17, 15) is 0 Å². The maximum atomic E-state index is 5.66. The molecule has 29 heavy (non-hydrogen) atoms. The van der Waals surface area contributed by atoms with E-state index >= 15 is 0 Å². The van der Waals surface area contributed by atoms with E-state index in [4.69, 9.17) is 4.74 Å². The molecular weight excluding hydrogens is 352 g/mol. The van der Waals surface area contributed by atoms with E-state index in [1.165, 1.54) is 75.3 Å². The average Bonchev–Trinajstić information content (AvgIpc) is 2.77. The van der Waals surface area contributed by atoms with Crippen molar-refractivity contribution in [2.75, 3.05) is 6.61 Å². The van der Waals surface area contributed by atoms with Gasteiger partial charge >= 0.3 is 0 Å². The van der Waals surface area contributed by atoms with E-state index in [0.717, 1.165) is 43.3 Å². The van der Waals surface area contributed by atoms with Gasteiger partial charge in [-0.3, -0.25) is 0 Å². The molecule has 0 aliphatic heterocycles. The zero-order valence-corrected chi connectivity index (χ0v) is 18.7. The first-order valence-electron chi connectivity index (χ1n) is 12.2. The number of allylic oxidation sites excluding steroid dienone is 2. The summed E-state index contributed by atoms with van der Waals surface area (Å²) in [5, 5.41) is 0. The standard InChI is InChI=1S/C28H42O/c1-3-5-21-29-22-26-11-9-24(10-12-26)7-8-25-15-19-28(20-16-25)27-17-13-23(6-4-2)14-18-27/h3-4,6,9-12,23,25,27-28H,1,5,7-8,13-22H2,2H3/b6-4-/t23-,25?,27-,28?. The zero-order valence-electron chi connectivity index (χ0n) is 18.7. The molecule has 2 aliphatic rings. The summed E-state index contributed by atoms with van der Waals surface area (Å²) in [4.78, 5) is 0. The Morgan fingerprint density at radius 1 is 0.897 bits per heavy atom. The van der Waals surface area contributed by atoms with Crippen LogP contribution in [0.25, 0.3) is 0 Å². The first kappa shape index (κ1) is 22.3. The molecule has 1 nitrogen and oxygen atoms in total. The van der Waals surface area contributed by atoms with Gasteiger partial charge in [0, 0.05) is 0 Å². The first-order valence-corrected chi connectivity index (χ1v) is 12.2. The zero-order chi connectivity index (χ0) is 20.3. The van der Waals surface area contributed by atoms with Crippen molar-refractivity contribution >= 4 is 0 Å². The summed E-state index contributed by atoms with van der Waals surface area (Å²) in [5.74, 6) is 3.88. The highest BCUT2D eigenvalue weighted by Crippen LogP contribution is 2.42. The summed E-state index contributed by atoms with van der Waals surface area (Å²) in [5.41, 5.74) is 2.77. The highest BCUT2D eigenvalue weighted by molar-refractivity contribution is 5.22. The fourth-order valence-corrected chi connectivity index (χ4v) is 5.56. The first-order chi connectivity index (χ1) is 14.3. The SMILES string of the molecule is C=CCCOCc1ccc(CCC2CCC([C@H]3CC[C@H](/C=C\C)CC3)CC2)cc1. The van der Waals surface area contributed by atoms with E-state index in [2.05, 4.69) is 49.9 Å². The number of rotatable bonds is 10. The molecule has 0 bridgehead atoms. The molecule has 3 rings (SSSR count). The van der Waals surface area contributed by atoms with Crippen LogP contribution >= 0.6 is 0 Å². The van der Waals surface area contributed by atoms with Gasteiger partial charge in [-0.25, -0.2) is 0 Å². The van der Waals surface area contributed by atoms with Crippen LogP contribution in [-0.2, 0) is 17.8 Å². The summed E-state index contributed by atoms with van der Waals surface area (Å²) < 4.78 is 5.66. The molecule has 2 aliphatic carbocycles. The van der Waals surface area contributed by atoms with Crippen LogP contribution in [0.2, 0.25) is 0 Å². The smallest absolute Gasteiger partial charge is 0.0717 e. The number of benzene rings is 1. The van der Waals surface area contributed by atoms with Gasteiger partial charge in [0.05, 0.1) is 13.2 Å². The fraction of sp³-hybridized carbons (Fsp3) is 0.643. The lowest BCUT2D eigenvalue weighted by atomic mass is 9.68. The minimum atomic E-state index is 0.717. The molecular formula is C28H42O. The summed E-state index contributed by atoms with van der Waals surface area (Å²) >= 11 is 0. The molecule has 1 aromatic rings. The monoisotopic (exact) mass is 394 g/mol. The summed E-state index contributed by atoms with van der Waals surface area (Å²) in [6.45, 7) is 7.38. The molecule has 0 N–H and O–H groups in total. The molecule has 0 atom stereocenters. The molecule has 0 amide bonds. The number of hydrogen-bond acceptors (Lipinski definition) is 1. The van der Waals surface area contributed by atoms with Gasteiger partial charge in [-0.05, 0) is 99.5 Å². The highest BCUT2D eigenvalue weighted by Gasteiger charge is 2.30. The molecule has 0 spiro atoms. The van der Waals surface area contributed by atoms with E-state index in [1.807, 2.05) is 6.08 Å². The molecule has 160 valence electrons. The van der Waals surface area contributed by atoms with Crippen molar-refractivity contribution in [3.63, 3.8) is 0 Å². The normalized spacial score (nSPS) is 27.9. The summed E-state index contributed by atoms with van der Waals surface area (Å²) in [6.07, 6.45) is 21.9. The third kappa shape index (κ3) is 7.45. The Balaban J connectivity index is 1.32. The van der Waals surface area contributed by atoms with Gasteiger partial charge in [-0.15, -0.1) is 6.58 Å².